The van der Waals surface area contributed by atoms with Crippen molar-refractivity contribution in [2.75, 3.05) is 6.61 Å². The van der Waals surface area contributed by atoms with Crippen LogP contribution in [0.15, 0.2) is 18.2 Å². The van der Waals surface area contributed by atoms with E-state index in [1.54, 1.807) is 13.0 Å². The zero-order chi connectivity index (χ0) is 12.8. The van der Waals surface area contributed by atoms with Crippen molar-refractivity contribution in [1.29, 1.82) is 0 Å². The second kappa shape index (κ2) is 6.72. The summed E-state index contributed by atoms with van der Waals surface area (Å²) in [5.74, 6) is 0.313. The van der Waals surface area contributed by atoms with Gasteiger partial charge in [0.2, 0.25) is 0 Å². The highest BCUT2D eigenvalue weighted by atomic mass is 19.1. The number of halogens is 1. The number of nitrogens with one attached hydrogen (secondary N) is 1. The zero-order valence-corrected chi connectivity index (χ0v) is 10.8. The molecule has 0 amide bonds. The SMILES string of the molecule is Cc1cc(CNC(CCO)C(C)C)ccc1F. The topological polar surface area (TPSA) is 32.3 Å². The van der Waals surface area contributed by atoms with Crippen molar-refractivity contribution >= 4 is 0 Å². The largest absolute Gasteiger partial charge is 0.396 e. The van der Waals surface area contributed by atoms with Crippen molar-refractivity contribution in [3.63, 3.8) is 0 Å². The molecule has 0 spiro atoms. The fourth-order valence-electron chi connectivity index (χ4n) is 1.88. The first-order valence-corrected chi connectivity index (χ1v) is 6.14. The fourth-order valence-corrected chi connectivity index (χ4v) is 1.88. The summed E-state index contributed by atoms with van der Waals surface area (Å²) in [6, 6.07) is 5.46. The van der Waals surface area contributed by atoms with Gasteiger partial charge in [-0.05, 0) is 36.5 Å². The van der Waals surface area contributed by atoms with Crippen LogP contribution in [-0.4, -0.2) is 17.8 Å². The minimum absolute atomic E-state index is 0.162. The van der Waals surface area contributed by atoms with E-state index in [0.717, 1.165) is 12.0 Å². The Bertz CT molecular complexity index is 352. The van der Waals surface area contributed by atoms with Crippen LogP contribution in [0, 0.1) is 18.7 Å². The number of hydrogen-bond acceptors (Lipinski definition) is 2. The third kappa shape index (κ3) is 4.44. The molecule has 0 aliphatic carbocycles. The molecule has 96 valence electrons. The maximum absolute atomic E-state index is 13.1. The summed E-state index contributed by atoms with van der Waals surface area (Å²) in [6.07, 6.45) is 0.748. The number of aliphatic hydroxyl groups excluding tert-OH is 1. The van der Waals surface area contributed by atoms with Gasteiger partial charge >= 0.3 is 0 Å². The van der Waals surface area contributed by atoms with E-state index in [1.807, 2.05) is 6.07 Å². The van der Waals surface area contributed by atoms with Crippen molar-refractivity contribution in [3.8, 4) is 0 Å². The van der Waals surface area contributed by atoms with Gasteiger partial charge in [0.25, 0.3) is 0 Å². The second-order valence-corrected chi connectivity index (χ2v) is 4.83. The lowest BCUT2D eigenvalue weighted by molar-refractivity contribution is 0.244. The summed E-state index contributed by atoms with van der Waals surface area (Å²) < 4.78 is 13.1. The second-order valence-electron chi connectivity index (χ2n) is 4.83. The summed E-state index contributed by atoms with van der Waals surface area (Å²) >= 11 is 0. The van der Waals surface area contributed by atoms with Crippen LogP contribution < -0.4 is 5.32 Å². The van der Waals surface area contributed by atoms with Gasteiger partial charge in [-0.15, -0.1) is 0 Å². The maximum atomic E-state index is 13.1. The molecule has 2 nitrogen and oxygen atoms in total. The van der Waals surface area contributed by atoms with Crippen molar-refractivity contribution < 1.29 is 9.50 Å². The molecule has 1 unspecified atom stereocenters. The molecule has 0 bridgehead atoms. The monoisotopic (exact) mass is 239 g/mol. The van der Waals surface area contributed by atoms with Crippen LogP contribution in [0.3, 0.4) is 0 Å². The first-order chi connectivity index (χ1) is 8.04. The van der Waals surface area contributed by atoms with Gasteiger partial charge in [-0.1, -0.05) is 26.0 Å². The van der Waals surface area contributed by atoms with Gasteiger partial charge < -0.3 is 10.4 Å². The molecule has 0 fully saturated rings. The Kier molecular flexibility index (Phi) is 5.59. The highest BCUT2D eigenvalue weighted by Crippen LogP contribution is 2.11. The maximum Gasteiger partial charge on any atom is 0.126 e. The highest BCUT2D eigenvalue weighted by molar-refractivity contribution is 5.23. The molecule has 1 rings (SSSR count). The number of aryl methyl sites for hydroxylation is 1. The van der Waals surface area contributed by atoms with Crippen LogP contribution in [0.25, 0.3) is 0 Å². The van der Waals surface area contributed by atoms with Gasteiger partial charge in [0.05, 0.1) is 0 Å². The van der Waals surface area contributed by atoms with Gasteiger partial charge in [-0.3, -0.25) is 0 Å². The minimum atomic E-state index is -0.162. The molecule has 0 aliphatic heterocycles. The van der Waals surface area contributed by atoms with E-state index >= 15 is 0 Å². The third-order valence-electron chi connectivity index (χ3n) is 3.04. The lowest BCUT2D eigenvalue weighted by Gasteiger charge is -2.21. The molecular formula is C14H22FNO. The molecule has 0 radical (unpaired) electrons. The van der Waals surface area contributed by atoms with E-state index in [9.17, 15) is 4.39 Å². The molecule has 1 atom stereocenters. The number of rotatable bonds is 6. The summed E-state index contributed by atoms with van der Waals surface area (Å²) in [4.78, 5) is 0. The summed E-state index contributed by atoms with van der Waals surface area (Å²) in [6.45, 7) is 6.93. The molecule has 0 aromatic heterocycles. The Labute approximate surface area is 103 Å². The summed E-state index contributed by atoms with van der Waals surface area (Å²) in [7, 11) is 0. The van der Waals surface area contributed by atoms with Crippen LogP contribution in [0.5, 0.6) is 0 Å². The van der Waals surface area contributed by atoms with E-state index in [0.29, 0.717) is 24.1 Å². The molecule has 2 N–H and O–H groups in total. The van der Waals surface area contributed by atoms with Crippen LogP contribution in [0.4, 0.5) is 4.39 Å². The zero-order valence-electron chi connectivity index (χ0n) is 10.8. The lowest BCUT2D eigenvalue weighted by atomic mass is 10.0. The Balaban J connectivity index is 2.56. The van der Waals surface area contributed by atoms with Crippen molar-refractivity contribution in [1.82, 2.24) is 5.32 Å². The average molecular weight is 239 g/mol. The Morgan fingerprint density at radius 1 is 1.35 bits per heavy atom. The predicted molar refractivity (Wildman–Crippen MR) is 68.3 cm³/mol. The number of aliphatic hydroxyl groups is 1. The quantitative estimate of drug-likeness (QED) is 0.800. The Morgan fingerprint density at radius 3 is 2.59 bits per heavy atom. The summed E-state index contributed by atoms with van der Waals surface area (Å²) in [5, 5.41) is 12.4. The van der Waals surface area contributed by atoms with Gasteiger partial charge in [-0.25, -0.2) is 4.39 Å². The van der Waals surface area contributed by atoms with Crippen LogP contribution in [0.1, 0.15) is 31.4 Å². The Hall–Kier alpha value is -0.930. The average Bonchev–Trinajstić information content (AvgIpc) is 2.28. The molecule has 17 heavy (non-hydrogen) atoms. The van der Waals surface area contributed by atoms with Crippen LogP contribution in [-0.2, 0) is 6.54 Å². The molecule has 0 heterocycles. The number of benzene rings is 1. The normalized spacial score (nSPS) is 13.1. The van der Waals surface area contributed by atoms with Crippen molar-refractivity contribution in [3.05, 3.63) is 35.1 Å². The van der Waals surface area contributed by atoms with Crippen LogP contribution in [0.2, 0.25) is 0 Å². The minimum Gasteiger partial charge on any atom is -0.396 e. The lowest BCUT2D eigenvalue weighted by Crippen LogP contribution is -2.34. The van der Waals surface area contributed by atoms with Gasteiger partial charge in [-0.2, -0.15) is 0 Å². The standard InChI is InChI=1S/C14H22FNO/c1-10(2)14(6-7-17)16-9-12-4-5-13(15)11(3)8-12/h4-5,8,10,14,16-17H,6-7,9H2,1-3H3. The highest BCUT2D eigenvalue weighted by Gasteiger charge is 2.11. The van der Waals surface area contributed by atoms with E-state index in [-0.39, 0.29) is 12.4 Å². The van der Waals surface area contributed by atoms with E-state index < -0.39 is 0 Å². The molecule has 3 heteroatoms. The van der Waals surface area contributed by atoms with Gasteiger partial charge in [0.15, 0.2) is 0 Å². The van der Waals surface area contributed by atoms with E-state index in [4.69, 9.17) is 5.11 Å². The molecular weight excluding hydrogens is 217 g/mol. The first kappa shape index (κ1) is 14.1. The van der Waals surface area contributed by atoms with E-state index in [1.165, 1.54) is 6.07 Å². The molecule has 0 aliphatic rings. The van der Waals surface area contributed by atoms with Crippen LogP contribution >= 0.6 is 0 Å². The predicted octanol–water partition coefficient (Wildman–Crippen LogP) is 2.63. The smallest absolute Gasteiger partial charge is 0.126 e. The Morgan fingerprint density at radius 2 is 2.06 bits per heavy atom. The molecule has 0 saturated heterocycles. The number of hydrogen-bond donors (Lipinski definition) is 2. The van der Waals surface area contributed by atoms with E-state index in [2.05, 4.69) is 19.2 Å². The molecule has 1 aromatic carbocycles. The fraction of sp³-hybridized carbons (Fsp3) is 0.571. The van der Waals surface area contributed by atoms with Gasteiger partial charge in [0, 0.05) is 19.2 Å². The molecule has 0 saturated carbocycles. The first-order valence-electron chi connectivity index (χ1n) is 6.14. The molecule has 1 aromatic rings. The van der Waals surface area contributed by atoms with Gasteiger partial charge in [0.1, 0.15) is 5.82 Å². The van der Waals surface area contributed by atoms with Crippen molar-refractivity contribution in [2.24, 2.45) is 5.92 Å². The van der Waals surface area contributed by atoms with Crippen molar-refractivity contribution in [2.45, 2.75) is 39.8 Å². The summed E-state index contributed by atoms with van der Waals surface area (Å²) in [5.41, 5.74) is 1.75. The third-order valence-corrected chi connectivity index (χ3v) is 3.04.